The van der Waals surface area contributed by atoms with Crippen LogP contribution < -0.4 is 0 Å². The van der Waals surface area contributed by atoms with Crippen LogP contribution in [-0.4, -0.2) is 69.3 Å². The van der Waals surface area contributed by atoms with Gasteiger partial charge in [0.25, 0.3) is 5.91 Å². The molecule has 0 bridgehead atoms. The first-order valence-corrected chi connectivity index (χ1v) is 12.3. The van der Waals surface area contributed by atoms with E-state index in [0.29, 0.717) is 21.8 Å². The van der Waals surface area contributed by atoms with Gasteiger partial charge in [0.1, 0.15) is 17.2 Å². The maximum Gasteiger partial charge on any atom is 0.433 e. The molecule has 2 aromatic heterocycles. The number of aliphatic carboxylic acids is 1. The molecule has 1 aromatic carbocycles. The highest BCUT2D eigenvalue weighted by atomic mass is 19.4. The summed E-state index contributed by atoms with van der Waals surface area (Å²) in [6.45, 7) is -1.94. The van der Waals surface area contributed by atoms with Gasteiger partial charge in [0.05, 0.1) is 30.3 Å². The van der Waals surface area contributed by atoms with Gasteiger partial charge in [-0.1, -0.05) is 0 Å². The van der Waals surface area contributed by atoms with Crippen molar-refractivity contribution in [2.24, 2.45) is 5.92 Å². The van der Waals surface area contributed by atoms with Crippen LogP contribution in [0.15, 0.2) is 24.4 Å². The molecule has 1 saturated carbocycles. The summed E-state index contributed by atoms with van der Waals surface area (Å²) < 4.78 is 71.3. The van der Waals surface area contributed by atoms with Crippen molar-refractivity contribution in [3.05, 3.63) is 58.4 Å². The van der Waals surface area contributed by atoms with Gasteiger partial charge in [-0.05, 0) is 43.4 Å². The number of hydrogen-bond donors (Lipinski definition) is 4. The lowest BCUT2D eigenvalue weighted by Gasteiger charge is -2.28. The number of alkyl halides is 3. The van der Waals surface area contributed by atoms with E-state index in [2.05, 4.69) is 15.1 Å². The Bertz CT molecular complexity index is 1490. The van der Waals surface area contributed by atoms with Crippen LogP contribution in [0.2, 0.25) is 0 Å². The van der Waals surface area contributed by atoms with Gasteiger partial charge in [-0.2, -0.15) is 28.2 Å². The Morgan fingerprint density at radius 3 is 2.05 bits per heavy atom. The molecule has 0 saturated heterocycles. The van der Waals surface area contributed by atoms with E-state index in [0.717, 1.165) is 12.1 Å². The quantitative estimate of drug-likeness (QED) is 0.221. The van der Waals surface area contributed by atoms with Gasteiger partial charge in [0.2, 0.25) is 11.8 Å². The smallest absolute Gasteiger partial charge is 0.433 e. The van der Waals surface area contributed by atoms with Crippen molar-refractivity contribution in [2.75, 3.05) is 6.54 Å². The molecule has 42 heavy (non-hydrogen) atoms. The predicted octanol–water partition coefficient (Wildman–Crippen LogP) is 3.43. The topological polar surface area (TPSA) is 179 Å². The molecule has 0 aliphatic heterocycles. The van der Waals surface area contributed by atoms with E-state index in [9.17, 15) is 56.8 Å². The van der Waals surface area contributed by atoms with E-state index in [-0.39, 0.29) is 31.2 Å². The van der Waals surface area contributed by atoms with Crippen LogP contribution in [0.4, 0.5) is 22.0 Å². The molecule has 4 rings (SSSR count). The normalized spacial score (nSPS) is 17.2. The molecule has 17 heteroatoms. The number of aromatic nitrogens is 4. The number of carboxylic acid groups (broad SMARTS) is 1. The highest BCUT2D eigenvalue weighted by Gasteiger charge is 2.43. The summed E-state index contributed by atoms with van der Waals surface area (Å²) in [5, 5.41) is 42.1. The molecular weight excluding hydrogens is 577 g/mol. The van der Waals surface area contributed by atoms with Crippen molar-refractivity contribution < 1.29 is 56.8 Å². The molecule has 1 aliphatic rings. The van der Waals surface area contributed by atoms with Crippen molar-refractivity contribution in [2.45, 2.75) is 44.4 Å². The van der Waals surface area contributed by atoms with E-state index in [1.807, 2.05) is 0 Å². The number of ketones is 1. The number of carbonyl (C=O) groups is 3. The number of halogens is 5. The van der Waals surface area contributed by atoms with Gasteiger partial charge >= 0.3 is 18.2 Å². The minimum absolute atomic E-state index is 0.0273. The Morgan fingerprint density at radius 2 is 1.52 bits per heavy atom. The zero-order valence-electron chi connectivity index (χ0n) is 21.3. The van der Waals surface area contributed by atoms with Crippen LogP contribution >= 0.6 is 0 Å². The van der Waals surface area contributed by atoms with Crippen molar-refractivity contribution in [1.82, 2.24) is 24.6 Å². The standard InChI is InChI=1S/C25H22F5N5O7/c26-13-5-11(6-14(27)7-13)9-34(10-17(36)18-20(37)32-24(42)33-21(18)38)22(39)16-8-31-35(19(16)25(28,29)30)15-3-1-12(2-4-15)23(40)41/h5-8,12,15H,1-4,9-10H2,(H,40,41)(H3,32,33,37,38,42). The van der Waals surface area contributed by atoms with E-state index in [4.69, 9.17) is 0 Å². The van der Waals surface area contributed by atoms with Gasteiger partial charge in [-0.3, -0.25) is 19.1 Å². The first-order valence-electron chi connectivity index (χ1n) is 12.3. The average Bonchev–Trinajstić information content (AvgIpc) is 3.33. The number of Topliss-reactive ketones (excluding diaryl/α,β-unsaturated/α-hetero) is 1. The van der Waals surface area contributed by atoms with Crippen LogP contribution in [0, 0.1) is 17.6 Å². The zero-order valence-corrected chi connectivity index (χ0v) is 21.3. The Kier molecular flexibility index (Phi) is 8.31. The molecular formula is C25H22F5N5O7. The van der Waals surface area contributed by atoms with Gasteiger partial charge in [0.15, 0.2) is 11.5 Å². The molecule has 0 radical (unpaired) electrons. The molecule has 1 aliphatic carbocycles. The number of carboxylic acids is 1. The van der Waals surface area contributed by atoms with E-state index >= 15 is 0 Å². The largest absolute Gasteiger partial charge is 0.492 e. The summed E-state index contributed by atoms with van der Waals surface area (Å²) in [6, 6.07) is 0.0665. The third-order valence-corrected chi connectivity index (χ3v) is 6.74. The number of nitrogens with zero attached hydrogens (tertiary/aromatic N) is 5. The third-order valence-electron chi connectivity index (χ3n) is 6.74. The van der Waals surface area contributed by atoms with Gasteiger partial charge < -0.3 is 25.3 Å². The van der Waals surface area contributed by atoms with Crippen LogP contribution in [-0.2, 0) is 17.5 Å². The summed E-state index contributed by atoms with van der Waals surface area (Å²) in [4.78, 5) is 44.5. The monoisotopic (exact) mass is 599 g/mol. The summed E-state index contributed by atoms with van der Waals surface area (Å²) in [7, 11) is 0. The number of rotatable bonds is 8. The molecule has 4 N–H and O–H groups in total. The molecule has 1 fully saturated rings. The van der Waals surface area contributed by atoms with Gasteiger partial charge in [-0.15, -0.1) is 0 Å². The highest BCUT2D eigenvalue weighted by Crippen LogP contribution is 2.39. The van der Waals surface area contributed by atoms with Crippen molar-refractivity contribution in [3.8, 4) is 17.8 Å². The molecule has 1 amide bonds. The van der Waals surface area contributed by atoms with Crippen molar-refractivity contribution in [3.63, 3.8) is 0 Å². The van der Waals surface area contributed by atoms with Crippen LogP contribution in [0.3, 0.4) is 0 Å². The molecule has 0 unspecified atom stereocenters. The second-order valence-corrected chi connectivity index (χ2v) is 9.60. The van der Waals surface area contributed by atoms with E-state index in [1.54, 1.807) is 0 Å². The summed E-state index contributed by atoms with van der Waals surface area (Å²) >= 11 is 0. The van der Waals surface area contributed by atoms with Gasteiger partial charge in [-0.25, -0.2) is 8.78 Å². The molecule has 224 valence electrons. The lowest BCUT2D eigenvalue weighted by molar-refractivity contribution is -0.147. The van der Waals surface area contributed by atoms with Gasteiger partial charge in [0, 0.05) is 12.6 Å². The Balaban J connectivity index is 1.73. The van der Waals surface area contributed by atoms with Crippen LogP contribution in [0.25, 0.3) is 0 Å². The molecule has 0 spiro atoms. The predicted molar refractivity (Wildman–Crippen MR) is 128 cm³/mol. The number of aromatic hydroxyl groups is 3. The summed E-state index contributed by atoms with van der Waals surface area (Å²) in [5.74, 6) is -9.10. The van der Waals surface area contributed by atoms with Crippen LogP contribution in [0.1, 0.15) is 63.7 Å². The lowest BCUT2D eigenvalue weighted by Crippen LogP contribution is -2.37. The molecule has 12 nitrogen and oxygen atoms in total. The number of amides is 1. The minimum atomic E-state index is -5.15. The number of carbonyl (C=O) groups excluding carboxylic acids is 2. The molecule has 3 aromatic rings. The van der Waals surface area contributed by atoms with Crippen LogP contribution in [0.5, 0.6) is 17.8 Å². The first kappa shape index (κ1) is 30.1. The average molecular weight is 599 g/mol. The van der Waals surface area contributed by atoms with Crippen molar-refractivity contribution in [1.29, 1.82) is 0 Å². The second-order valence-electron chi connectivity index (χ2n) is 9.60. The maximum atomic E-state index is 14.3. The fourth-order valence-corrected chi connectivity index (χ4v) is 4.87. The molecule has 0 atom stereocenters. The SMILES string of the molecule is O=C(CN(Cc1cc(F)cc(F)c1)C(=O)c1cnn(C2CCC(C(=O)O)CC2)c1C(F)(F)F)c1c(O)nc(O)nc1O. The van der Waals surface area contributed by atoms with E-state index in [1.165, 1.54) is 0 Å². The number of benzene rings is 1. The highest BCUT2D eigenvalue weighted by molar-refractivity contribution is 6.04. The van der Waals surface area contributed by atoms with Crippen molar-refractivity contribution >= 4 is 17.7 Å². The fraction of sp³-hybridized carbons (Fsp3) is 0.360. The summed E-state index contributed by atoms with van der Waals surface area (Å²) in [5.41, 5.74) is -3.72. The molecule has 2 heterocycles. The number of hydrogen-bond acceptors (Lipinski definition) is 9. The maximum absolute atomic E-state index is 14.3. The zero-order chi connectivity index (χ0) is 30.9. The summed E-state index contributed by atoms with van der Waals surface area (Å²) in [6.07, 6.45) is -4.31. The Morgan fingerprint density at radius 1 is 0.952 bits per heavy atom. The fourth-order valence-electron chi connectivity index (χ4n) is 4.87. The minimum Gasteiger partial charge on any atom is -0.492 e. The second kappa shape index (κ2) is 11.6. The first-order chi connectivity index (χ1) is 19.6. The lowest BCUT2D eigenvalue weighted by atomic mass is 9.86. The Labute approximate surface area is 232 Å². The Hall–Kier alpha value is -4.83. The third kappa shape index (κ3) is 6.39. The van der Waals surface area contributed by atoms with E-state index < -0.39 is 95.1 Å².